The van der Waals surface area contributed by atoms with Crippen molar-refractivity contribution in [2.45, 2.75) is 16.4 Å². The molecular formula is C27H17Cl4NO4. The van der Waals surface area contributed by atoms with Crippen molar-refractivity contribution in [3.8, 4) is 0 Å². The van der Waals surface area contributed by atoms with Crippen molar-refractivity contribution in [1.82, 2.24) is 4.90 Å². The molecule has 0 N–H and O–H groups in total. The summed E-state index contributed by atoms with van der Waals surface area (Å²) in [5.74, 6) is -3.78. The lowest BCUT2D eigenvalue weighted by Crippen LogP contribution is -2.57. The lowest BCUT2D eigenvalue weighted by molar-refractivity contribution is -0.153. The molecule has 0 aromatic heterocycles. The van der Waals surface area contributed by atoms with E-state index in [1.165, 1.54) is 6.07 Å². The van der Waals surface area contributed by atoms with Gasteiger partial charge in [0.25, 0.3) is 0 Å². The van der Waals surface area contributed by atoms with Crippen LogP contribution in [-0.2, 0) is 35.5 Å². The fraction of sp³-hybridized carbons (Fsp3) is 0.222. The van der Waals surface area contributed by atoms with Crippen molar-refractivity contribution < 1.29 is 19.1 Å². The number of benzene rings is 3. The van der Waals surface area contributed by atoms with E-state index in [0.29, 0.717) is 37.9 Å². The van der Waals surface area contributed by atoms with Crippen molar-refractivity contribution in [2.75, 3.05) is 6.54 Å². The lowest BCUT2D eigenvalue weighted by Gasteiger charge is -2.54. The maximum Gasteiger partial charge on any atom is 0.326 e. The van der Waals surface area contributed by atoms with Gasteiger partial charge < -0.3 is 4.74 Å². The highest BCUT2D eigenvalue weighted by atomic mass is 35.5. The lowest BCUT2D eigenvalue weighted by atomic mass is 9.54. The number of alkyl halides is 2. The molecule has 4 aliphatic rings. The molecule has 2 atom stereocenters. The Balaban J connectivity index is 1.34. The topological polar surface area (TPSA) is 63.7 Å². The minimum atomic E-state index is -1.29. The molecule has 36 heavy (non-hydrogen) atoms. The number of ether oxygens (including phenoxy) is 1. The molecule has 9 heteroatoms. The maximum atomic E-state index is 13.7. The minimum Gasteiger partial charge on any atom is -0.459 e. The molecule has 3 aromatic carbocycles. The number of carbonyl (C=O) groups is 3. The van der Waals surface area contributed by atoms with E-state index in [9.17, 15) is 14.4 Å². The second-order valence-corrected chi connectivity index (χ2v) is 11.2. The molecule has 1 saturated heterocycles. The Hall–Kier alpha value is -2.57. The number of esters is 1. The van der Waals surface area contributed by atoms with Gasteiger partial charge in [0.05, 0.1) is 11.8 Å². The smallest absolute Gasteiger partial charge is 0.326 e. The highest BCUT2D eigenvalue weighted by Crippen LogP contribution is 2.69. The molecular weight excluding hydrogens is 544 g/mol. The number of hydrogen-bond acceptors (Lipinski definition) is 4. The van der Waals surface area contributed by atoms with Crippen LogP contribution in [-0.4, -0.2) is 29.2 Å². The Morgan fingerprint density at radius 2 is 1.28 bits per heavy atom. The largest absolute Gasteiger partial charge is 0.459 e. The number of hydrogen-bond donors (Lipinski definition) is 0. The molecule has 0 radical (unpaired) electrons. The van der Waals surface area contributed by atoms with Crippen LogP contribution in [0.5, 0.6) is 0 Å². The first-order valence-electron chi connectivity index (χ1n) is 11.2. The highest BCUT2D eigenvalue weighted by Gasteiger charge is 2.73. The van der Waals surface area contributed by atoms with Gasteiger partial charge in [0.15, 0.2) is 0 Å². The minimum absolute atomic E-state index is 0.131. The van der Waals surface area contributed by atoms with Gasteiger partial charge in [0.2, 0.25) is 11.8 Å². The van der Waals surface area contributed by atoms with Gasteiger partial charge in [-0.15, -0.1) is 23.2 Å². The molecule has 1 heterocycles. The van der Waals surface area contributed by atoms with E-state index in [4.69, 9.17) is 51.1 Å². The molecule has 3 aliphatic carbocycles. The number of rotatable bonds is 4. The van der Waals surface area contributed by atoms with Crippen LogP contribution in [0.2, 0.25) is 10.0 Å². The maximum absolute atomic E-state index is 13.7. The predicted molar refractivity (Wildman–Crippen MR) is 136 cm³/mol. The van der Waals surface area contributed by atoms with Gasteiger partial charge in [-0.05, 0) is 34.4 Å². The van der Waals surface area contributed by atoms with Crippen molar-refractivity contribution in [3.05, 3.63) is 105 Å². The van der Waals surface area contributed by atoms with Crippen LogP contribution in [0.15, 0.2) is 66.7 Å². The fourth-order valence-corrected chi connectivity index (χ4v) is 7.41. The summed E-state index contributed by atoms with van der Waals surface area (Å²) in [6, 6.07) is 19.5. The summed E-state index contributed by atoms with van der Waals surface area (Å²) in [6.45, 7) is -0.684. The van der Waals surface area contributed by atoms with Gasteiger partial charge in [0.1, 0.15) is 22.9 Å². The molecule has 2 amide bonds. The first-order chi connectivity index (χ1) is 17.2. The number of likely N-dealkylation sites (tertiary alicyclic amines) is 1. The van der Waals surface area contributed by atoms with Crippen molar-refractivity contribution in [2.24, 2.45) is 11.8 Å². The molecule has 0 saturated carbocycles. The SMILES string of the molecule is O=C(CN1C(=O)[C@@H]2[C@H](C1=O)C1(Cl)c3ccccc3C2(Cl)c2ccccc21)OCc1ccc(Cl)cc1Cl. The molecule has 182 valence electrons. The second-order valence-electron chi connectivity index (χ2n) is 9.13. The summed E-state index contributed by atoms with van der Waals surface area (Å²) in [5.41, 5.74) is 3.34. The fourth-order valence-electron chi connectivity index (χ4n) is 5.85. The highest BCUT2D eigenvalue weighted by molar-refractivity contribution is 6.36. The molecule has 2 bridgehead atoms. The first kappa shape index (κ1) is 23.8. The van der Waals surface area contributed by atoms with E-state index in [1.54, 1.807) is 12.1 Å². The van der Waals surface area contributed by atoms with Crippen LogP contribution in [0.1, 0.15) is 27.8 Å². The van der Waals surface area contributed by atoms with E-state index in [-0.39, 0.29) is 6.61 Å². The normalized spacial score (nSPS) is 27.5. The Kier molecular flexibility index (Phi) is 5.44. The summed E-state index contributed by atoms with van der Waals surface area (Å²) in [4.78, 5) is 38.5. The number of nitrogens with zero attached hydrogens (tertiary/aromatic N) is 1. The monoisotopic (exact) mass is 559 g/mol. The molecule has 0 unspecified atom stereocenters. The van der Waals surface area contributed by atoms with Crippen LogP contribution >= 0.6 is 46.4 Å². The van der Waals surface area contributed by atoms with Gasteiger partial charge in [-0.2, -0.15) is 0 Å². The average molecular weight is 561 g/mol. The van der Waals surface area contributed by atoms with Crippen molar-refractivity contribution in [1.29, 1.82) is 0 Å². The Labute approximate surface area is 226 Å². The zero-order valence-corrected chi connectivity index (χ0v) is 21.5. The summed E-state index contributed by atoms with van der Waals surface area (Å²) >= 11 is 26.8. The summed E-state index contributed by atoms with van der Waals surface area (Å²) < 4.78 is 5.33. The third-order valence-corrected chi connectivity index (χ3v) is 9.24. The Morgan fingerprint density at radius 3 is 1.72 bits per heavy atom. The van der Waals surface area contributed by atoms with Crippen molar-refractivity contribution >= 4 is 64.2 Å². The van der Waals surface area contributed by atoms with Gasteiger partial charge in [-0.25, -0.2) is 0 Å². The zero-order valence-electron chi connectivity index (χ0n) is 18.5. The van der Waals surface area contributed by atoms with Crippen molar-refractivity contribution in [3.63, 3.8) is 0 Å². The third-order valence-electron chi connectivity index (χ3n) is 7.37. The van der Waals surface area contributed by atoms with Crippen LogP contribution in [0.4, 0.5) is 0 Å². The van der Waals surface area contributed by atoms with Crippen LogP contribution < -0.4 is 0 Å². The number of carbonyl (C=O) groups excluding carboxylic acids is 3. The summed E-state index contributed by atoms with van der Waals surface area (Å²) in [7, 11) is 0. The van der Waals surface area contributed by atoms with Crippen LogP contribution in [0.25, 0.3) is 0 Å². The Morgan fingerprint density at radius 1 is 0.806 bits per heavy atom. The van der Waals surface area contributed by atoms with Gasteiger partial charge in [-0.3, -0.25) is 19.3 Å². The average Bonchev–Trinajstić information content (AvgIpc) is 3.12. The number of amides is 2. The van der Waals surface area contributed by atoms with E-state index < -0.39 is 45.9 Å². The standard InChI is InChI=1S/C27H17Cl4NO4/c28-15-10-9-14(20(29)11-15)13-36-21(33)12-32-24(34)22-23(25(32)35)27(31)17-6-2-1-5-16(17)26(22,30)18-7-3-4-8-19(18)27/h1-11,22-23H,12-13H2/t22-,23+,26?,27?. The summed E-state index contributed by atoms with van der Waals surface area (Å²) in [6.07, 6.45) is 0. The molecule has 5 nitrogen and oxygen atoms in total. The van der Waals surface area contributed by atoms with E-state index in [1.807, 2.05) is 48.5 Å². The van der Waals surface area contributed by atoms with E-state index in [0.717, 1.165) is 4.90 Å². The number of halogens is 4. The summed E-state index contributed by atoms with van der Waals surface area (Å²) in [5, 5.41) is 0.794. The quantitative estimate of drug-likeness (QED) is 0.236. The van der Waals surface area contributed by atoms with E-state index >= 15 is 0 Å². The van der Waals surface area contributed by atoms with Crippen LogP contribution in [0.3, 0.4) is 0 Å². The molecule has 3 aromatic rings. The number of imide groups is 1. The van der Waals surface area contributed by atoms with Gasteiger partial charge in [0, 0.05) is 15.6 Å². The molecule has 0 spiro atoms. The molecule has 1 fully saturated rings. The van der Waals surface area contributed by atoms with E-state index in [2.05, 4.69) is 0 Å². The second kappa shape index (κ2) is 8.22. The predicted octanol–water partition coefficient (Wildman–Crippen LogP) is 5.63. The molecule has 7 rings (SSSR count). The molecule has 1 aliphatic heterocycles. The van der Waals surface area contributed by atoms with Gasteiger partial charge in [-0.1, -0.05) is 77.8 Å². The Bertz CT molecular complexity index is 1350. The third kappa shape index (κ3) is 3.07. The zero-order chi connectivity index (χ0) is 25.4. The van der Waals surface area contributed by atoms with Gasteiger partial charge >= 0.3 is 5.97 Å². The van der Waals surface area contributed by atoms with Crippen LogP contribution in [0, 0.1) is 11.8 Å². The first-order valence-corrected chi connectivity index (χ1v) is 12.7.